The van der Waals surface area contributed by atoms with Gasteiger partial charge in [-0.25, -0.2) is 0 Å². The first-order valence-corrected chi connectivity index (χ1v) is 5.67. The minimum atomic E-state index is -4.02. The van der Waals surface area contributed by atoms with Crippen molar-refractivity contribution in [1.29, 1.82) is 0 Å². The third kappa shape index (κ3) is 6.12. The highest BCUT2D eigenvalue weighted by atomic mass is 32.2. The van der Waals surface area contributed by atoms with Crippen LogP contribution in [-0.4, -0.2) is 30.6 Å². The lowest BCUT2D eigenvalue weighted by Gasteiger charge is -1.95. The van der Waals surface area contributed by atoms with Gasteiger partial charge < -0.3 is 10.8 Å². The van der Waals surface area contributed by atoms with Crippen LogP contribution in [0.2, 0.25) is 0 Å². The van der Waals surface area contributed by atoms with E-state index < -0.39 is 16.1 Å². The molecule has 0 aliphatic heterocycles. The Morgan fingerprint density at radius 1 is 1.31 bits per heavy atom. The van der Waals surface area contributed by atoms with Crippen LogP contribution in [0.3, 0.4) is 0 Å². The van der Waals surface area contributed by atoms with Crippen LogP contribution < -0.4 is 5.73 Å². The second-order valence-corrected chi connectivity index (χ2v) is 4.31. The van der Waals surface area contributed by atoms with Crippen molar-refractivity contribution in [2.24, 2.45) is 5.73 Å². The zero-order valence-electron chi connectivity index (χ0n) is 8.62. The topological polar surface area (TPSA) is 118 Å². The van der Waals surface area contributed by atoms with Gasteiger partial charge in [0.2, 0.25) is 0 Å². The summed E-state index contributed by atoms with van der Waals surface area (Å²) >= 11 is 0. The SMILES string of the molecule is Cc1ccc(S(=O)(=O)O)cc1.[15NH2][13CH2][13C](=O)O. The molecule has 90 valence electrons. The summed E-state index contributed by atoms with van der Waals surface area (Å²) in [5.41, 5.74) is 5.53. The molecule has 0 heterocycles. The fourth-order valence-corrected chi connectivity index (χ4v) is 1.19. The first-order valence-electron chi connectivity index (χ1n) is 4.23. The molecule has 0 unspecified atom stereocenters. The maximum Gasteiger partial charge on any atom is 0.317 e. The summed E-state index contributed by atoms with van der Waals surface area (Å²) < 4.78 is 29.6. The average Bonchev–Trinajstić information content (AvgIpc) is 2.18. The van der Waals surface area contributed by atoms with Crippen LogP contribution in [0.15, 0.2) is 29.2 Å². The number of carboxylic acids is 1. The van der Waals surface area contributed by atoms with E-state index in [0.29, 0.717) is 0 Å². The zero-order valence-corrected chi connectivity index (χ0v) is 9.44. The van der Waals surface area contributed by atoms with Crippen molar-refractivity contribution in [3.8, 4) is 0 Å². The molecule has 1 aromatic rings. The summed E-state index contributed by atoms with van der Waals surface area (Å²) in [5, 5.41) is 7.60. The zero-order chi connectivity index (χ0) is 12.8. The molecule has 0 saturated carbocycles. The standard InChI is InChI=1S/C7H8O3S.C2H5NO2/c1-6-2-4-7(5-3-6)11(8,9)10;3-1-2(4)5/h2-5H,1H3,(H,8,9,10);1,3H2,(H,4,5)/i;1+1,2+1,3+1. The second-order valence-electron chi connectivity index (χ2n) is 2.89. The van der Waals surface area contributed by atoms with Crippen molar-refractivity contribution in [1.82, 2.24) is 0 Å². The number of aliphatic carboxylic acids is 1. The summed E-state index contributed by atoms with van der Waals surface area (Å²) in [6.07, 6.45) is 0. The van der Waals surface area contributed by atoms with E-state index in [9.17, 15) is 13.2 Å². The van der Waals surface area contributed by atoms with Crippen LogP contribution in [0.4, 0.5) is 0 Å². The lowest BCUT2D eigenvalue weighted by Crippen LogP contribution is -2.10. The molecular weight excluding hydrogens is 237 g/mol. The Bertz CT molecular complexity index is 437. The van der Waals surface area contributed by atoms with E-state index in [0.717, 1.165) is 5.56 Å². The van der Waals surface area contributed by atoms with Gasteiger partial charge in [-0.1, -0.05) is 17.7 Å². The van der Waals surface area contributed by atoms with E-state index in [4.69, 9.17) is 9.66 Å². The van der Waals surface area contributed by atoms with Crippen LogP contribution in [-0.2, 0) is 14.9 Å². The molecule has 0 aromatic heterocycles. The van der Waals surface area contributed by atoms with Gasteiger partial charge in [-0.05, 0) is 19.1 Å². The molecule has 0 aliphatic carbocycles. The number of carbonyl (C=O) groups is 1. The van der Waals surface area contributed by atoms with Gasteiger partial charge in [-0.15, -0.1) is 0 Å². The molecule has 0 aliphatic rings. The van der Waals surface area contributed by atoms with Crippen molar-refractivity contribution < 1.29 is 22.9 Å². The molecule has 16 heavy (non-hydrogen) atoms. The summed E-state index contributed by atoms with van der Waals surface area (Å²) in [7, 11) is -4.02. The van der Waals surface area contributed by atoms with Crippen molar-refractivity contribution in [3.63, 3.8) is 0 Å². The first-order chi connectivity index (χ1) is 7.27. The first kappa shape index (κ1) is 14.6. The number of benzene rings is 1. The number of hydrogen-bond donors (Lipinski definition) is 3. The minimum Gasteiger partial charge on any atom is -0.480 e. The fourth-order valence-electron chi connectivity index (χ4n) is 0.710. The molecule has 0 fully saturated rings. The van der Waals surface area contributed by atoms with Gasteiger partial charge in [0.05, 0.1) is 11.4 Å². The molecule has 1 rings (SSSR count). The Labute approximate surface area is 93.5 Å². The van der Waals surface area contributed by atoms with E-state index in [2.05, 4.69) is 5.73 Å². The Morgan fingerprint density at radius 3 is 1.94 bits per heavy atom. The van der Waals surface area contributed by atoms with Crippen molar-refractivity contribution in [3.05, 3.63) is 29.8 Å². The van der Waals surface area contributed by atoms with E-state index in [1.54, 1.807) is 12.1 Å². The van der Waals surface area contributed by atoms with Crippen LogP contribution in [0, 0.1) is 6.92 Å². The van der Waals surface area contributed by atoms with E-state index in [1.807, 2.05) is 6.92 Å². The van der Waals surface area contributed by atoms with Gasteiger partial charge in [0.15, 0.2) is 0 Å². The quantitative estimate of drug-likeness (QED) is 0.394. The van der Waals surface area contributed by atoms with Gasteiger partial charge in [0, 0.05) is 0 Å². The highest BCUT2D eigenvalue weighted by Crippen LogP contribution is 2.08. The molecule has 0 atom stereocenters. The molecule has 7 heteroatoms. The summed E-state index contributed by atoms with van der Waals surface area (Å²) in [4.78, 5) is 9.18. The number of nitrogens with two attached hydrogens (primary N) is 1. The van der Waals surface area contributed by atoms with Crippen LogP contribution >= 0.6 is 0 Å². The van der Waals surface area contributed by atoms with Gasteiger partial charge in [0.25, 0.3) is 10.1 Å². The largest absolute Gasteiger partial charge is 0.480 e. The molecule has 0 radical (unpaired) electrons. The van der Waals surface area contributed by atoms with E-state index >= 15 is 0 Å². The average molecular weight is 250 g/mol. The molecule has 0 spiro atoms. The minimum absolute atomic E-state index is 0.0666. The normalized spacial score (nSPS) is 10.2. The Balaban J connectivity index is 0.000000385. The monoisotopic (exact) mass is 250 g/mol. The van der Waals surface area contributed by atoms with Crippen molar-refractivity contribution in [2.45, 2.75) is 11.8 Å². The number of carboxylic acid groups (broad SMARTS) is 1. The lowest BCUT2D eigenvalue weighted by molar-refractivity contribution is -0.135. The molecule has 6 nitrogen and oxygen atoms in total. The summed E-state index contributed by atoms with van der Waals surface area (Å²) in [6.45, 7) is 1.56. The van der Waals surface area contributed by atoms with Gasteiger partial charge in [0.1, 0.15) is 0 Å². The smallest absolute Gasteiger partial charge is 0.317 e. The predicted molar refractivity (Wildman–Crippen MR) is 57.7 cm³/mol. The van der Waals surface area contributed by atoms with E-state index in [-0.39, 0.29) is 11.4 Å². The van der Waals surface area contributed by atoms with Crippen LogP contribution in [0.25, 0.3) is 0 Å². The summed E-state index contributed by atoms with van der Waals surface area (Å²) in [5.74, 6) is -0.968. The second kappa shape index (κ2) is 6.21. The Hall–Kier alpha value is -1.44. The number of aryl methyl sites for hydroxylation is 1. The fraction of sp³-hybridized carbons (Fsp3) is 0.222. The molecule has 0 saturated heterocycles. The highest BCUT2D eigenvalue weighted by Gasteiger charge is 2.06. The van der Waals surface area contributed by atoms with Crippen LogP contribution in [0.1, 0.15) is 5.56 Å². The van der Waals surface area contributed by atoms with Crippen molar-refractivity contribution >= 4 is 16.1 Å². The number of hydrogen-bond acceptors (Lipinski definition) is 4. The molecule has 1 aromatic carbocycles. The van der Waals surface area contributed by atoms with Gasteiger partial charge in [-0.2, -0.15) is 8.42 Å². The lowest BCUT2D eigenvalue weighted by atomic mass is 10.2. The third-order valence-corrected chi connectivity index (χ3v) is 2.36. The van der Waals surface area contributed by atoms with Crippen molar-refractivity contribution in [2.75, 3.05) is 6.54 Å². The molecule has 0 amide bonds. The van der Waals surface area contributed by atoms with Crippen LogP contribution in [0.5, 0.6) is 0 Å². The van der Waals surface area contributed by atoms with Gasteiger partial charge in [-0.3, -0.25) is 9.35 Å². The highest BCUT2D eigenvalue weighted by molar-refractivity contribution is 7.85. The summed E-state index contributed by atoms with van der Waals surface area (Å²) in [6, 6.07) is 5.99. The molecule has 4 N–H and O–H groups in total. The van der Waals surface area contributed by atoms with Gasteiger partial charge >= 0.3 is 5.97 Å². The third-order valence-electron chi connectivity index (χ3n) is 1.49. The maximum absolute atomic E-state index is 10.5. The maximum atomic E-state index is 10.5. The molecule has 0 bridgehead atoms. The molecular formula is C9H13NO5S. The Kier molecular flexibility index (Phi) is 5.65. The number of rotatable bonds is 2. The Morgan fingerprint density at radius 2 is 1.69 bits per heavy atom. The predicted octanol–water partition coefficient (Wildman–Crippen LogP) is 0.271. The van der Waals surface area contributed by atoms with E-state index in [1.165, 1.54) is 12.1 Å².